The fourth-order valence-corrected chi connectivity index (χ4v) is 3.01. The van der Waals surface area contributed by atoms with Crippen LogP contribution in [0.25, 0.3) is 0 Å². The monoisotopic (exact) mass is 331 g/mol. The summed E-state index contributed by atoms with van der Waals surface area (Å²) in [6, 6.07) is 8.44. The maximum atomic E-state index is 12.9. The fourth-order valence-electron chi connectivity index (χ4n) is 3.01. The van der Waals surface area contributed by atoms with Crippen molar-refractivity contribution in [2.75, 3.05) is 18.4 Å². The lowest BCUT2D eigenvalue weighted by molar-refractivity contribution is -0.134. The van der Waals surface area contributed by atoms with Gasteiger partial charge in [0, 0.05) is 18.8 Å². The van der Waals surface area contributed by atoms with E-state index in [0.29, 0.717) is 0 Å². The van der Waals surface area contributed by atoms with Gasteiger partial charge in [-0.2, -0.15) is 0 Å². The first kappa shape index (κ1) is 18.3. The molecule has 2 rings (SSSR count). The van der Waals surface area contributed by atoms with Gasteiger partial charge in [-0.1, -0.05) is 51.3 Å². The average molecular weight is 331 g/mol. The Morgan fingerprint density at radius 3 is 2.12 bits per heavy atom. The van der Waals surface area contributed by atoms with Crippen LogP contribution in [0, 0.1) is 5.92 Å². The summed E-state index contributed by atoms with van der Waals surface area (Å²) < 4.78 is 0. The lowest BCUT2D eigenvalue weighted by Crippen LogP contribution is -2.52. The molecule has 1 aromatic carbocycles. The Hall–Kier alpha value is -2.04. The van der Waals surface area contributed by atoms with Crippen LogP contribution in [0.1, 0.15) is 46.0 Å². The summed E-state index contributed by atoms with van der Waals surface area (Å²) in [6.45, 7) is 5.53. The minimum absolute atomic E-state index is 0.0371. The molecule has 1 atom stereocenters. The molecule has 1 unspecified atom stereocenters. The number of rotatable bonds is 4. The van der Waals surface area contributed by atoms with E-state index < -0.39 is 6.04 Å². The number of para-hydroxylation sites is 1. The number of benzene rings is 1. The van der Waals surface area contributed by atoms with Crippen molar-refractivity contribution in [2.45, 2.75) is 52.0 Å². The smallest absolute Gasteiger partial charge is 0.319 e. The molecule has 0 aliphatic carbocycles. The number of hydrogen-bond donors (Lipinski definition) is 2. The lowest BCUT2D eigenvalue weighted by Gasteiger charge is -2.31. The van der Waals surface area contributed by atoms with Crippen LogP contribution in [0.5, 0.6) is 0 Å². The van der Waals surface area contributed by atoms with Crippen LogP contribution in [0.3, 0.4) is 0 Å². The zero-order valence-electron chi connectivity index (χ0n) is 14.8. The first-order valence-electron chi connectivity index (χ1n) is 8.99. The summed E-state index contributed by atoms with van der Waals surface area (Å²) in [5.41, 5.74) is 0.719. The summed E-state index contributed by atoms with van der Waals surface area (Å²) in [7, 11) is 0. The molecule has 1 aliphatic rings. The summed E-state index contributed by atoms with van der Waals surface area (Å²) in [4.78, 5) is 27.0. The number of urea groups is 1. The Bertz CT molecular complexity index is 523. The van der Waals surface area contributed by atoms with E-state index in [1.807, 2.05) is 49.1 Å². The van der Waals surface area contributed by atoms with Crippen molar-refractivity contribution in [3.05, 3.63) is 30.3 Å². The molecule has 2 N–H and O–H groups in total. The van der Waals surface area contributed by atoms with E-state index in [9.17, 15) is 9.59 Å². The van der Waals surface area contributed by atoms with Crippen LogP contribution in [0.4, 0.5) is 10.5 Å². The van der Waals surface area contributed by atoms with Gasteiger partial charge in [-0.05, 0) is 30.9 Å². The van der Waals surface area contributed by atoms with Crippen molar-refractivity contribution in [1.29, 1.82) is 0 Å². The highest BCUT2D eigenvalue weighted by Crippen LogP contribution is 2.14. The molecule has 1 aliphatic heterocycles. The SMILES string of the molecule is CC(C)C(NC(=O)Nc1ccccc1)C(=O)N1CCCCCCC1. The Kier molecular flexibility index (Phi) is 7.09. The van der Waals surface area contributed by atoms with E-state index >= 15 is 0 Å². The second kappa shape index (κ2) is 9.30. The van der Waals surface area contributed by atoms with Gasteiger partial charge in [0.15, 0.2) is 0 Å². The summed E-state index contributed by atoms with van der Waals surface area (Å²) in [5.74, 6) is 0.0829. The zero-order valence-corrected chi connectivity index (χ0v) is 14.8. The topological polar surface area (TPSA) is 61.4 Å². The fraction of sp³-hybridized carbons (Fsp3) is 0.579. The van der Waals surface area contributed by atoms with Crippen molar-refractivity contribution in [3.63, 3.8) is 0 Å². The number of carbonyl (C=O) groups is 2. The van der Waals surface area contributed by atoms with Crippen molar-refractivity contribution in [2.24, 2.45) is 5.92 Å². The highest BCUT2D eigenvalue weighted by atomic mass is 16.2. The summed E-state index contributed by atoms with van der Waals surface area (Å²) in [5, 5.41) is 5.64. The van der Waals surface area contributed by atoms with Gasteiger partial charge in [0.25, 0.3) is 0 Å². The predicted octanol–water partition coefficient (Wildman–Crippen LogP) is 3.63. The standard InChI is InChI=1S/C19H29N3O2/c1-15(2)17(18(23)22-13-9-4-3-5-10-14-22)21-19(24)20-16-11-7-6-8-12-16/h6-8,11-12,15,17H,3-5,9-10,13-14H2,1-2H3,(H2,20,21,24). The number of carbonyl (C=O) groups excluding carboxylic acids is 2. The summed E-state index contributed by atoms with van der Waals surface area (Å²) >= 11 is 0. The number of likely N-dealkylation sites (tertiary alicyclic amines) is 1. The molecule has 0 aromatic heterocycles. The molecule has 5 heteroatoms. The molecular weight excluding hydrogens is 302 g/mol. The van der Waals surface area contributed by atoms with E-state index in [1.54, 1.807) is 0 Å². The van der Waals surface area contributed by atoms with Gasteiger partial charge >= 0.3 is 6.03 Å². The van der Waals surface area contributed by atoms with Crippen LogP contribution < -0.4 is 10.6 Å². The molecule has 0 spiro atoms. The molecule has 24 heavy (non-hydrogen) atoms. The van der Waals surface area contributed by atoms with Crippen molar-refractivity contribution in [1.82, 2.24) is 10.2 Å². The Labute approximate surface area is 144 Å². The maximum Gasteiger partial charge on any atom is 0.319 e. The number of anilines is 1. The van der Waals surface area contributed by atoms with Gasteiger partial charge < -0.3 is 15.5 Å². The lowest BCUT2D eigenvalue weighted by atomic mass is 10.0. The van der Waals surface area contributed by atoms with E-state index in [-0.39, 0.29) is 17.9 Å². The second-order valence-electron chi connectivity index (χ2n) is 6.78. The third kappa shape index (κ3) is 5.55. The molecular formula is C19H29N3O2. The molecule has 0 saturated carbocycles. The highest BCUT2D eigenvalue weighted by Gasteiger charge is 2.28. The highest BCUT2D eigenvalue weighted by molar-refractivity contribution is 5.93. The van der Waals surface area contributed by atoms with Gasteiger partial charge in [0.05, 0.1) is 0 Å². The minimum atomic E-state index is -0.492. The average Bonchev–Trinajstić information content (AvgIpc) is 2.52. The Morgan fingerprint density at radius 2 is 1.54 bits per heavy atom. The van der Waals surface area contributed by atoms with Crippen LogP contribution in [0.2, 0.25) is 0 Å². The zero-order chi connectivity index (χ0) is 17.4. The molecule has 3 amide bonds. The van der Waals surface area contributed by atoms with Gasteiger partial charge in [0.2, 0.25) is 5.91 Å². The quantitative estimate of drug-likeness (QED) is 0.885. The van der Waals surface area contributed by atoms with Crippen LogP contribution in [-0.2, 0) is 4.79 Å². The molecule has 0 radical (unpaired) electrons. The molecule has 1 heterocycles. The van der Waals surface area contributed by atoms with Crippen LogP contribution in [-0.4, -0.2) is 36.0 Å². The second-order valence-corrected chi connectivity index (χ2v) is 6.78. The Balaban J connectivity index is 1.96. The van der Waals surface area contributed by atoms with Crippen molar-refractivity contribution < 1.29 is 9.59 Å². The Morgan fingerprint density at radius 1 is 0.958 bits per heavy atom. The van der Waals surface area contributed by atoms with Gasteiger partial charge in [-0.3, -0.25) is 4.79 Å². The van der Waals surface area contributed by atoms with Gasteiger partial charge in [-0.15, -0.1) is 0 Å². The van der Waals surface area contributed by atoms with E-state index in [0.717, 1.165) is 31.6 Å². The van der Waals surface area contributed by atoms with Gasteiger partial charge in [0.1, 0.15) is 6.04 Å². The molecule has 132 valence electrons. The molecule has 1 aromatic rings. The summed E-state index contributed by atoms with van der Waals surface area (Å²) in [6.07, 6.45) is 5.71. The van der Waals surface area contributed by atoms with E-state index in [4.69, 9.17) is 0 Å². The molecule has 1 saturated heterocycles. The van der Waals surface area contributed by atoms with E-state index in [1.165, 1.54) is 19.3 Å². The first-order chi connectivity index (χ1) is 11.6. The molecule has 1 fully saturated rings. The number of nitrogens with one attached hydrogen (secondary N) is 2. The van der Waals surface area contributed by atoms with Crippen LogP contribution >= 0.6 is 0 Å². The first-order valence-corrected chi connectivity index (χ1v) is 8.99. The number of amides is 3. The largest absolute Gasteiger partial charge is 0.341 e. The third-order valence-corrected chi connectivity index (χ3v) is 4.42. The maximum absolute atomic E-state index is 12.9. The predicted molar refractivity (Wildman–Crippen MR) is 96.9 cm³/mol. The van der Waals surface area contributed by atoms with E-state index in [2.05, 4.69) is 10.6 Å². The number of hydrogen-bond acceptors (Lipinski definition) is 2. The molecule has 5 nitrogen and oxygen atoms in total. The van der Waals surface area contributed by atoms with Crippen molar-refractivity contribution in [3.8, 4) is 0 Å². The molecule has 0 bridgehead atoms. The van der Waals surface area contributed by atoms with Crippen molar-refractivity contribution >= 4 is 17.6 Å². The minimum Gasteiger partial charge on any atom is -0.341 e. The van der Waals surface area contributed by atoms with Crippen LogP contribution in [0.15, 0.2) is 30.3 Å². The third-order valence-electron chi connectivity index (χ3n) is 4.42. The normalized spacial score (nSPS) is 16.9. The van der Waals surface area contributed by atoms with Gasteiger partial charge in [-0.25, -0.2) is 4.79 Å². The number of nitrogens with zero attached hydrogens (tertiary/aromatic N) is 1.